The number of nitrogens with two attached hydrogens (primary N) is 1. The van der Waals surface area contributed by atoms with E-state index in [0.29, 0.717) is 6.54 Å². The molecule has 0 aliphatic rings. The molecule has 21 heavy (non-hydrogen) atoms. The van der Waals surface area contributed by atoms with Crippen LogP contribution >= 0.6 is 0 Å². The second-order valence-corrected chi connectivity index (χ2v) is 5.17. The van der Waals surface area contributed by atoms with Crippen molar-refractivity contribution in [2.45, 2.75) is 25.8 Å². The fourth-order valence-electron chi connectivity index (χ4n) is 2.82. The fourth-order valence-corrected chi connectivity index (χ4v) is 2.82. The fraction of sp³-hybridized carbons (Fsp3) is 0.294. The maximum absolute atomic E-state index is 6.08. The highest BCUT2D eigenvalue weighted by Crippen LogP contribution is 2.26. The average molecular weight is 280 g/mol. The van der Waals surface area contributed by atoms with Crippen LogP contribution in [0, 0.1) is 0 Å². The molecule has 2 aromatic heterocycles. The molecule has 3 aromatic rings. The number of aromatic nitrogens is 3. The van der Waals surface area contributed by atoms with Crippen molar-refractivity contribution < 1.29 is 0 Å². The first kappa shape index (κ1) is 13.8. The Morgan fingerprint density at radius 2 is 1.90 bits per heavy atom. The Bertz CT molecular complexity index is 718. The maximum Gasteiger partial charge on any atom is 0.110 e. The number of benzene rings is 1. The lowest BCUT2D eigenvalue weighted by atomic mass is 10.1. The van der Waals surface area contributed by atoms with E-state index in [-0.39, 0.29) is 6.04 Å². The predicted octanol–water partition coefficient (Wildman–Crippen LogP) is 2.93. The first-order chi connectivity index (χ1) is 10.3. The Morgan fingerprint density at radius 3 is 2.62 bits per heavy atom. The molecule has 0 aliphatic heterocycles. The standard InChI is InChI=1S/C17H20N4/c1-2-5-17-20-14-6-3-4-7-15(14)21(17)16(12-18)13-8-10-19-11-9-13/h3-4,6-11,16H,2,5,12,18H2,1H3. The van der Waals surface area contributed by atoms with E-state index in [1.165, 1.54) is 5.56 Å². The number of fused-ring (bicyclic) bond motifs is 1. The van der Waals surface area contributed by atoms with Gasteiger partial charge in [0.05, 0.1) is 17.1 Å². The van der Waals surface area contributed by atoms with Crippen molar-refractivity contribution in [1.29, 1.82) is 0 Å². The van der Waals surface area contributed by atoms with Crippen molar-refractivity contribution in [2.24, 2.45) is 5.73 Å². The summed E-state index contributed by atoms with van der Waals surface area (Å²) in [6.45, 7) is 2.72. The summed E-state index contributed by atoms with van der Waals surface area (Å²) < 4.78 is 2.29. The zero-order valence-corrected chi connectivity index (χ0v) is 12.2. The number of nitrogens with zero attached hydrogens (tertiary/aromatic N) is 3. The van der Waals surface area contributed by atoms with Gasteiger partial charge in [0.2, 0.25) is 0 Å². The van der Waals surface area contributed by atoms with Crippen molar-refractivity contribution in [3.8, 4) is 0 Å². The molecule has 1 atom stereocenters. The SMILES string of the molecule is CCCc1nc2ccccc2n1C(CN)c1ccncc1. The lowest BCUT2D eigenvalue weighted by Crippen LogP contribution is -2.22. The number of imidazole rings is 1. The number of hydrogen-bond donors (Lipinski definition) is 1. The molecule has 0 aliphatic carbocycles. The monoisotopic (exact) mass is 280 g/mol. The van der Waals surface area contributed by atoms with E-state index < -0.39 is 0 Å². The summed E-state index contributed by atoms with van der Waals surface area (Å²) in [5, 5.41) is 0. The quantitative estimate of drug-likeness (QED) is 0.781. The highest BCUT2D eigenvalue weighted by molar-refractivity contribution is 5.76. The molecule has 4 heteroatoms. The van der Waals surface area contributed by atoms with Crippen molar-refractivity contribution in [3.05, 3.63) is 60.2 Å². The summed E-state index contributed by atoms with van der Waals surface area (Å²) in [6, 6.07) is 12.4. The maximum atomic E-state index is 6.08. The zero-order valence-electron chi connectivity index (χ0n) is 12.2. The Morgan fingerprint density at radius 1 is 1.14 bits per heavy atom. The molecule has 0 radical (unpaired) electrons. The third-order valence-electron chi connectivity index (χ3n) is 3.77. The lowest BCUT2D eigenvalue weighted by Gasteiger charge is -2.20. The molecule has 0 bridgehead atoms. The van der Waals surface area contributed by atoms with E-state index in [1.807, 2.05) is 30.6 Å². The van der Waals surface area contributed by atoms with Gasteiger partial charge in [0, 0.05) is 25.4 Å². The Hall–Kier alpha value is -2.20. The van der Waals surface area contributed by atoms with Gasteiger partial charge in [-0.3, -0.25) is 4.98 Å². The van der Waals surface area contributed by atoms with Gasteiger partial charge in [-0.1, -0.05) is 19.1 Å². The largest absolute Gasteiger partial charge is 0.328 e. The van der Waals surface area contributed by atoms with E-state index in [0.717, 1.165) is 29.7 Å². The van der Waals surface area contributed by atoms with Gasteiger partial charge in [-0.25, -0.2) is 4.98 Å². The number of pyridine rings is 1. The van der Waals surface area contributed by atoms with Crippen LogP contribution in [0.5, 0.6) is 0 Å². The molecule has 0 fully saturated rings. The molecule has 0 amide bonds. The van der Waals surface area contributed by atoms with Crippen LogP contribution in [0.3, 0.4) is 0 Å². The summed E-state index contributed by atoms with van der Waals surface area (Å²) >= 11 is 0. The number of aryl methyl sites for hydroxylation is 1. The van der Waals surface area contributed by atoms with Crippen LogP contribution in [-0.2, 0) is 6.42 Å². The van der Waals surface area contributed by atoms with Gasteiger partial charge >= 0.3 is 0 Å². The highest BCUT2D eigenvalue weighted by atomic mass is 15.1. The Balaban J connectivity index is 2.18. The number of hydrogen-bond acceptors (Lipinski definition) is 3. The summed E-state index contributed by atoms with van der Waals surface area (Å²) in [5.74, 6) is 1.10. The van der Waals surface area contributed by atoms with Crippen LogP contribution in [0.4, 0.5) is 0 Å². The lowest BCUT2D eigenvalue weighted by molar-refractivity contribution is 0.576. The molecule has 108 valence electrons. The topological polar surface area (TPSA) is 56.7 Å². The van der Waals surface area contributed by atoms with Crippen LogP contribution in [-0.4, -0.2) is 21.1 Å². The van der Waals surface area contributed by atoms with Crippen molar-refractivity contribution >= 4 is 11.0 Å². The van der Waals surface area contributed by atoms with Crippen molar-refractivity contribution in [3.63, 3.8) is 0 Å². The Kier molecular flexibility index (Phi) is 3.97. The summed E-state index contributed by atoms with van der Waals surface area (Å²) in [7, 11) is 0. The van der Waals surface area contributed by atoms with Crippen molar-refractivity contribution in [1.82, 2.24) is 14.5 Å². The third kappa shape index (κ3) is 2.54. The van der Waals surface area contributed by atoms with Crippen LogP contribution in [0.2, 0.25) is 0 Å². The summed E-state index contributed by atoms with van der Waals surface area (Å²) in [4.78, 5) is 8.89. The Labute approximate surface area is 124 Å². The minimum Gasteiger partial charge on any atom is -0.328 e. The van der Waals surface area contributed by atoms with Crippen molar-refractivity contribution in [2.75, 3.05) is 6.54 Å². The van der Waals surface area contributed by atoms with E-state index in [9.17, 15) is 0 Å². The molecule has 2 N–H and O–H groups in total. The van der Waals surface area contributed by atoms with Crippen LogP contribution in [0.25, 0.3) is 11.0 Å². The molecule has 0 saturated carbocycles. The van der Waals surface area contributed by atoms with Gasteiger partial charge in [-0.15, -0.1) is 0 Å². The van der Waals surface area contributed by atoms with Gasteiger partial charge < -0.3 is 10.3 Å². The third-order valence-corrected chi connectivity index (χ3v) is 3.77. The molecule has 0 saturated heterocycles. The number of para-hydroxylation sites is 2. The zero-order chi connectivity index (χ0) is 14.7. The normalized spacial score (nSPS) is 12.7. The van der Waals surface area contributed by atoms with E-state index in [2.05, 4.69) is 34.7 Å². The van der Waals surface area contributed by atoms with Gasteiger partial charge in [0.15, 0.2) is 0 Å². The molecular weight excluding hydrogens is 260 g/mol. The smallest absolute Gasteiger partial charge is 0.110 e. The minimum absolute atomic E-state index is 0.0990. The molecule has 2 heterocycles. The second kappa shape index (κ2) is 6.06. The van der Waals surface area contributed by atoms with Gasteiger partial charge in [-0.2, -0.15) is 0 Å². The average Bonchev–Trinajstić information content (AvgIpc) is 2.88. The first-order valence-electron chi connectivity index (χ1n) is 7.41. The van der Waals surface area contributed by atoms with Gasteiger partial charge in [0.1, 0.15) is 5.82 Å². The second-order valence-electron chi connectivity index (χ2n) is 5.17. The van der Waals surface area contributed by atoms with Gasteiger partial charge in [0.25, 0.3) is 0 Å². The van der Waals surface area contributed by atoms with E-state index in [4.69, 9.17) is 10.7 Å². The van der Waals surface area contributed by atoms with Crippen LogP contribution in [0.15, 0.2) is 48.8 Å². The summed E-state index contributed by atoms with van der Waals surface area (Å²) in [5.41, 5.74) is 9.44. The minimum atomic E-state index is 0.0990. The molecule has 0 spiro atoms. The van der Waals surface area contributed by atoms with Crippen LogP contribution < -0.4 is 5.73 Å². The molecule has 1 unspecified atom stereocenters. The molecule has 1 aromatic carbocycles. The van der Waals surface area contributed by atoms with E-state index in [1.54, 1.807) is 0 Å². The first-order valence-corrected chi connectivity index (χ1v) is 7.41. The number of rotatable bonds is 5. The summed E-state index contributed by atoms with van der Waals surface area (Å²) in [6.07, 6.45) is 5.65. The molecule has 4 nitrogen and oxygen atoms in total. The predicted molar refractivity (Wildman–Crippen MR) is 85.2 cm³/mol. The molecular formula is C17H20N4. The molecule has 3 rings (SSSR count). The van der Waals surface area contributed by atoms with Crippen LogP contribution in [0.1, 0.15) is 30.8 Å². The van der Waals surface area contributed by atoms with E-state index >= 15 is 0 Å². The van der Waals surface area contributed by atoms with Gasteiger partial charge in [-0.05, 0) is 36.2 Å². The highest BCUT2D eigenvalue weighted by Gasteiger charge is 2.19.